The van der Waals surface area contributed by atoms with E-state index in [2.05, 4.69) is 11.8 Å². The first-order valence-electron chi connectivity index (χ1n) is 3.46. The molecule has 3 atom stereocenters. The highest BCUT2D eigenvalue weighted by atomic mass is 16.6. The van der Waals surface area contributed by atoms with E-state index >= 15 is 0 Å². The van der Waals surface area contributed by atoms with E-state index in [0.717, 1.165) is 6.42 Å². The van der Waals surface area contributed by atoms with Crippen LogP contribution in [0.25, 0.3) is 0 Å². The van der Waals surface area contributed by atoms with Gasteiger partial charge in [0.1, 0.15) is 7.85 Å². The molecule has 3 nitrogen and oxygen atoms in total. The molecule has 1 unspecified atom stereocenters. The average molecular weight is 141 g/mol. The van der Waals surface area contributed by atoms with E-state index in [4.69, 9.17) is 18.5 Å². The Balaban J connectivity index is 2.31. The smallest absolute Gasteiger partial charge is 0.109 e. The molecular weight excluding hydrogens is 129 g/mol. The molecule has 0 aromatic carbocycles. The van der Waals surface area contributed by atoms with E-state index in [1.165, 1.54) is 0 Å². The van der Waals surface area contributed by atoms with Crippen LogP contribution in [0.1, 0.15) is 13.3 Å². The Bertz CT molecular complexity index is 112. The summed E-state index contributed by atoms with van der Waals surface area (Å²) < 4.78 is 5.29. The Labute approximate surface area is 62.2 Å². The van der Waals surface area contributed by atoms with Crippen LogP contribution in [-0.2, 0) is 9.57 Å². The fourth-order valence-electron chi connectivity index (χ4n) is 1.23. The van der Waals surface area contributed by atoms with Gasteiger partial charge in [-0.1, -0.05) is 6.92 Å². The number of hydrogen-bond acceptors (Lipinski definition) is 3. The lowest BCUT2D eigenvalue weighted by Crippen LogP contribution is -2.23. The van der Waals surface area contributed by atoms with E-state index in [-0.39, 0.29) is 12.1 Å². The van der Waals surface area contributed by atoms with Crippen LogP contribution >= 0.6 is 0 Å². The van der Waals surface area contributed by atoms with Crippen molar-refractivity contribution in [2.75, 3.05) is 6.61 Å². The molecule has 0 bridgehead atoms. The standard InChI is InChI=1S/C6H12BNO2/c1-4-2-6(7)10-5(4)3-9-8/h4-6H,2-3,8H2,1H3/t4-,5+,6?/m0/s1. The molecule has 4 heteroatoms. The summed E-state index contributed by atoms with van der Waals surface area (Å²) in [4.78, 5) is 4.46. The lowest BCUT2D eigenvalue weighted by molar-refractivity contribution is -0.00558. The normalized spacial score (nSPS) is 40.4. The minimum Gasteiger partial charge on any atom is -0.382 e. The third kappa shape index (κ3) is 1.72. The highest BCUT2D eigenvalue weighted by molar-refractivity contribution is 6.11. The lowest BCUT2D eigenvalue weighted by atomic mass is 9.92. The van der Waals surface area contributed by atoms with Crippen LogP contribution in [0.3, 0.4) is 0 Å². The maximum Gasteiger partial charge on any atom is 0.109 e. The van der Waals surface area contributed by atoms with Crippen molar-refractivity contribution >= 4 is 7.85 Å². The van der Waals surface area contributed by atoms with Gasteiger partial charge in [0, 0.05) is 6.00 Å². The molecule has 1 aliphatic heterocycles. The van der Waals surface area contributed by atoms with E-state index in [9.17, 15) is 0 Å². The zero-order valence-electron chi connectivity index (χ0n) is 6.12. The molecule has 1 saturated heterocycles. The monoisotopic (exact) mass is 141 g/mol. The van der Waals surface area contributed by atoms with Crippen molar-refractivity contribution in [3.05, 3.63) is 0 Å². The molecule has 10 heavy (non-hydrogen) atoms. The van der Waals surface area contributed by atoms with Gasteiger partial charge in [-0.2, -0.15) is 0 Å². The van der Waals surface area contributed by atoms with Crippen molar-refractivity contribution in [1.29, 1.82) is 0 Å². The molecule has 0 amide bonds. The van der Waals surface area contributed by atoms with Gasteiger partial charge in [0.25, 0.3) is 0 Å². The quantitative estimate of drug-likeness (QED) is 0.427. The third-order valence-electron chi connectivity index (χ3n) is 1.85. The second kappa shape index (κ2) is 3.37. The predicted octanol–water partition coefficient (Wildman–Crippen LogP) is -0.204. The van der Waals surface area contributed by atoms with Gasteiger partial charge in [-0.3, -0.25) is 0 Å². The molecule has 1 aliphatic rings. The maximum absolute atomic E-state index is 5.53. The average Bonchev–Trinajstić information content (AvgIpc) is 2.13. The van der Waals surface area contributed by atoms with Crippen LogP contribution in [0, 0.1) is 5.92 Å². The zero-order chi connectivity index (χ0) is 7.56. The van der Waals surface area contributed by atoms with E-state index in [1.54, 1.807) is 0 Å². The van der Waals surface area contributed by atoms with Crippen molar-refractivity contribution in [1.82, 2.24) is 0 Å². The summed E-state index contributed by atoms with van der Waals surface area (Å²) in [6.07, 6.45) is 0.980. The Kier molecular flexibility index (Phi) is 2.71. The van der Waals surface area contributed by atoms with Gasteiger partial charge < -0.3 is 9.57 Å². The molecule has 2 N–H and O–H groups in total. The molecule has 56 valence electrons. The minimum atomic E-state index is -0.129. The van der Waals surface area contributed by atoms with Gasteiger partial charge in [-0.05, 0) is 12.3 Å². The van der Waals surface area contributed by atoms with Gasteiger partial charge in [-0.25, -0.2) is 5.90 Å². The summed E-state index contributed by atoms with van der Waals surface area (Å²) in [5, 5.41) is 0. The highest BCUT2D eigenvalue weighted by Crippen LogP contribution is 2.23. The second-order valence-electron chi connectivity index (χ2n) is 2.76. The molecular formula is C6H12BNO2. The molecule has 1 fully saturated rings. The van der Waals surface area contributed by atoms with Crippen LogP contribution in [0.15, 0.2) is 0 Å². The molecule has 2 radical (unpaired) electrons. The van der Waals surface area contributed by atoms with E-state index in [1.807, 2.05) is 0 Å². The number of rotatable bonds is 2. The first-order valence-corrected chi connectivity index (χ1v) is 3.46. The molecule has 0 saturated carbocycles. The molecule has 1 rings (SSSR count). The first-order chi connectivity index (χ1) is 4.74. The maximum atomic E-state index is 5.53. The summed E-state index contributed by atoms with van der Waals surface area (Å²) in [7, 11) is 5.53. The second-order valence-corrected chi connectivity index (χ2v) is 2.76. The summed E-state index contributed by atoms with van der Waals surface area (Å²) in [6, 6.07) is -0.129. The zero-order valence-corrected chi connectivity index (χ0v) is 6.12. The molecule has 1 heterocycles. The van der Waals surface area contributed by atoms with Gasteiger partial charge >= 0.3 is 0 Å². The fourth-order valence-corrected chi connectivity index (χ4v) is 1.23. The number of nitrogens with two attached hydrogens (primary N) is 1. The Hall–Kier alpha value is -0.0551. The van der Waals surface area contributed by atoms with Crippen molar-refractivity contribution in [3.8, 4) is 0 Å². The Morgan fingerprint density at radius 1 is 1.80 bits per heavy atom. The third-order valence-corrected chi connectivity index (χ3v) is 1.85. The molecule has 0 aromatic heterocycles. The minimum absolute atomic E-state index is 0.0833. The molecule has 0 spiro atoms. The van der Waals surface area contributed by atoms with Crippen molar-refractivity contribution in [2.24, 2.45) is 11.8 Å². The Morgan fingerprint density at radius 2 is 2.50 bits per heavy atom. The number of ether oxygens (including phenoxy) is 1. The van der Waals surface area contributed by atoms with Gasteiger partial charge in [0.05, 0.1) is 12.7 Å². The van der Waals surface area contributed by atoms with Crippen molar-refractivity contribution in [3.63, 3.8) is 0 Å². The summed E-state index contributed by atoms with van der Waals surface area (Å²) >= 11 is 0. The van der Waals surface area contributed by atoms with Crippen LogP contribution in [0.5, 0.6) is 0 Å². The van der Waals surface area contributed by atoms with E-state index < -0.39 is 0 Å². The summed E-state index contributed by atoms with van der Waals surface area (Å²) in [5.74, 6) is 5.35. The summed E-state index contributed by atoms with van der Waals surface area (Å²) in [6.45, 7) is 2.52. The van der Waals surface area contributed by atoms with Crippen LogP contribution in [-0.4, -0.2) is 26.6 Å². The molecule has 0 aliphatic carbocycles. The van der Waals surface area contributed by atoms with Crippen LogP contribution in [0.4, 0.5) is 0 Å². The fraction of sp³-hybridized carbons (Fsp3) is 1.00. The predicted molar refractivity (Wildman–Crippen MR) is 38.3 cm³/mol. The first kappa shape index (κ1) is 8.05. The Morgan fingerprint density at radius 3 is 2.90 bits per heavy atom. The topological polar surface area (TPSA) is 44.5 Å². The van der Waals surface area contributed by atoms with Gasteiger partial charge in [-0.15, -0.1) is 0 Å². The SMILES string of the molecule is [B]C1C[C@H](C)[C@@H](CON)O1. The molecule has 0 aromatic rings. The number of hydrogen-bond donors (Lipinski definition) is 1. The van der Waals surface area contributed by atoms with Gasteiger partial charge in [0.15, 0.2) is 0 Å². The largest absolute Gasteiger partial charge is 0.382 e. The van der Waals surface area contributed by atoms with Crippen molar-refractivity contribution < 1.29 is 9.57 Å². The highest BCUT2D eigenvalue weighted by Gasteiger charge is 2.28. The van der Waals surface area contributed by atoms with E-state index in [0.29, 0.717) is 12.5 Å². The van der Waals surface area contributed by atoms with Crippen LogP contribution < -0.4 is 5.90 Å². The lowest BCUT2D eigenvalue weighted by Gasteiger charge is -2.12. The van der Waals surface area contributed by atoms with Gasteiger partial charge in [0.2, 0.25) is 0 Å². The van der Waals surface area contributed by atoms with Crippen LogP contribution in [0.2, 0.25) is 0 Å². The van der Waals surface area contributed by atoms with Crippen molar-refractivity contribution in [2.45, 2.75) is 25.5 Å². The summed E-state index contributed by atoms with van der Waals surface area (Å²) in [5.41, 5.74) is 0.